The van der Waals surface area contributed by atoms with E-state index in [9.17, 15) is 5.11 Å². The van der Waals surface area contributed by atoms with Crippen LogP contribution >= 0.6 is 0 Å². The zero-order chi connectivity index (χ0) is 19.3. The summed E-state index contributed by atoms with van der Waals surface area (Å²) in [7, 11) is 2.10. The second kappa shape index (κ2) is 8.24. The van der Waals surface area contributed by atoms with Gasteiger partial charge in [-0.2, -0.15) is 0 Å². The third-order valence-corrected chi connectivity index (χ3v) is 5.27. The molecule has 0 saturated heterocycles. The summed E-state index contributed by atoms with van der Waals surface area (Å²) in [4.78, 5) is 0. The monoisotopic (exact) mass is 358 g/mol. The average Bonchev–Trinajstić information content (AvgIpc) is 2.68. The molecule has 0 aliphatic heterocycles. The van der Waals surface area contributed by atoms with Crippen molar-refractivity contribution >= 4 is 22.5 Å². The molecule has 0 amide bonds. The van der Waals surface area contributed by atoms with E-state index in [1.54, 1.807) is 6.07 Å². The fourth-order valence-electron chi connectivity index (χ4n) is 3.88. The predicted molar refractivity (Wildman–Crippen MR) is 115 cm³/mol. The molecule has 0 saturated carbocycles. The number of rotatable bonds is 7. The summed E-state index contributed by atoms with van der Waals surface area (Å²) < 4.78 is 0. The molecular weight excluding hydrogens is 330 g/mol. The van der Waals surface area contributed by atoms with Gasteiger partial charge in [-0.1, -0.05) is 67.6 Å². The highest BCUT2D eigenvalue weighted by Crippen LogP contribution is 2.40. The lowest BCUT2D eigenvalue weighted by Gasteiger charge is -2.30. The minimum atomic E-state index is -0.0780. The van der Waals surface area contributed by atoms with Gasteiger partial charge < -0.3 is 10.4 Å². The van der Waals surface area contributed by atoms with Crippen LogP contribution in [0.15, 0.2) is 79.4 Å². The fraction of sp³-hybridized carbons (Fsp3) is 0.200. The van der Waals surface area contributed by atoms with Crippen molar-refractivity contribution in [2.45, 2.75) is 25.2 Å². The van der Waals surface area contributed by atoms with Crippen LogP contribution in [-0.2, 0) is 5.41 Å². The Morgan fingerprint density at radius 2 is 1.74 bits per heavy atom. The van der Waals surface area contributed by atoms with Crippen molar-refractivity contribution in [1.82, 2.24) is 0 Å². The van der Waals surface area contributed by atoms with Crippen molar-refractivity contribution in [3.8, 4) is 5.75 Å². The average molecular weight is 359 g/mol. The third kappa shape index (κ3) is 3.96. The van der Waals surface area contributed by atoms with Crippen LogP contribution in [0.4, 0.5) is 5.69 Å². The molecule has 1 unspecified atom stereocenters. The minimum Gasteiger partial charge on any atom is -0.507 e. The lowest BCUT2D eigenvalue weighted by Crippen LogP contribution is -2.73. The van der Waals surface area contributed by atoms with Crippen LogP contribution in [0.25, 0.3) is 16.8 Å². The molecule has 2 heteroatoms. The summed E-state index contributed by atoms with van der Waals surface area (Å²) in [5.41, 5.74) is 3.41. The van der Waals surface area contributed by atoms with Crippen LogP contribution in [0.5, 0.6) is 5.75 Å². The minimum absolute atomic E-state index is 0.0780. The molecule has 138 valence electrons. The van der Waals surface area contributed by atoms with E-state index in [0.29, 0.717) is 5.75 Å². The molecule has 0 spiro atoms. The highest BCUT2D eigenvalue weighted by molar-refractivity contribution is 5.89. The van der Waals surface area contributed by atoms with E-state index < -0.39 is 0 Å². The molecule has 0 radical (unpaired) electrons. The van der Waals surface area contributed by atoms with Gasteiger partial charge in [0.25, 0.3) is 0 Å². The molecule has 0 aromatic heterocycles. The Morgan fingerprint density at radius 3 is 2.48 bits per heavy atom. The molecule has 0 aliphatic carbocycles. The second-order valence-corrected chi connectivity index (χ2v) is 7.26. The molecule has 3 N–H and O–H groups in total. The lowest BCUT2D eigenvalue weighted by atomic mass is 9.73. The zero-order valence-corrected chi connectivity index (χ0v) is 16.2. The molecule has 3 rings (SSSR count). The van der Waals surface area contributed by atoms with E-state index in [-0.39, 0.29) is 5.41 Å². The molecule has 1 atom stereocenters. The number of nitrogens with two attached hydrogens (primary N) is 1. The number of phenolic OH excluding ortho intramolecular Hbond substituents is 1. The van der Waals surface area contributed by atoms with E-state index in [1.807, 2.05) is 30.4 Å². The van der Waals surface area contributed by atoms with Crippen LogP contribution in [0.1, 0.15) is 30.9 Å². The van der Waals surface area contributed by atoms with Gasteiger partial charge in [-0.05, 0) is 41.8 Å². The number of phenols is 1. The number of benzene rings is 3. The zero-order valence-electron chi connectivity index (χ0n) is 16.2. The van der Waals surface area contributed by atoms with Crippen molar-refractivity contribution in [2.75, 3.05) is 7.05 Å². The van der Waals surface area contributed by atoms with Gasteiger partial charge in [-0.25, -0.2) is 0 Å². The first-order valence-electron chi connectivity index (χ1n) is 9.46. The van der Waals surface area contributed by atoms with Gasteiger partial charge >= 0.3 is 0 Å². The number of para-hydroxylation sites is 1. The summed E-state index contributed by atoms with van der Waals surface area (Å²) >= 11 is 0. The Bertz CT molecular complexity index is 973. The smallest absolute Gasteiger partial charge is 0.133 e. The summed E-state index contributed by atoms with van der Waals surface area (Å²) in [5.74, 6) is 0.312. The summed E-state index contributed by atoms with van der Waals surface area (Å²) in [6, 6.07) is 20.4. The first kappa shape index (κ1) is 18.9. The van der Waals surface area contributed by atoms with Crippen molar-refractivity contribution in [3.05, 3.63) is 90.5 Å². The molecule has 0 aliphatic rings. The first-order valence-corrected chi connectivity index (χ1v) is 9.46. The number of hydrogen-bond donors (Lipinski definition) is 2. The Kier molecular flexibility index (Phi) is 5.78. The van der Waals surface area contributed by atoms with E-state index >= 15 is 0 Å². The number of fused-ring (bicyclic) bond motifs is 1. The predicted octanol–water partition coefficient (Wildman–Crippen LogP) is 5.31. The van der Waals surface area contributed by atoms with Gasteiger partial charge in [-0.15, -0.1) is 6.58 Å². The summed E-state index contributed by atoms with van der Waals surface area (Å²) in [6.45, 7) is 6.32. The fourth-order valence-corrected chi connectivity index (χ4v) is 3.88. The second-order valence-electron chi connectivity index (χ2n) is 7.26. The molecule has 0 bridgehead atoms. The van der Waals surface area contributed by atoms with Crippen molar-refractivity contribution in [3.63, 3.8) is 0 Å². The van der Waals surface area contributed by atoms with Gasteiger partial charge in [0.1, 0.15) is 11.4 Å². The van der Waals surface area contributed by atoms with Gasteiger partial charge in [0.15, 0.2) is 0 Å². The van der Waals surface area contributed by atoms with Gasteiger partial charge in [-0.3, -0.25) is 0 Å². The van der Waals surface area contributed by atoms with Gasteiger partial charge in [0.2, 0.25) is 0 Å². The summed E-state index contributed by atoms with van der Waals surface area (Å²) in [6.07, 6.45) is 7.93. The van der Waals surface area contributed by atoms with Crippen molar-refractivity contribution in [2.24, 2.45) is 0 Å². The summed E-state index contributed by atoms with van der Waals surface area (Å²) in [5, 5.41) is 14.8. The number of quaternary nitrogens is 1. The SMILES string of the molecule is C=CCC(C)(C/C=C/c1ccccc1O)c1c([NH2+]C)ccc2ccccc12. The standard InChI is InChI=1S/C25H27NO/c1-4-17-25(2,18-9-12-20-11-6-8-14-23(20)27)24-21-13-7-5-10-19(21)15-16-22(24)26-3/h4-16,26-27H,1,17-18H2,2-3H3/p+1/b12-9+. The maximum atomic E-state index is 10.0. The quantitative estimate of drug-likeness (QED) is 0.436. The normalized spacial score (nSPS) is 13.7. The van der Waals surface area contributed by atoms with Crippen molar-refractivity contribution in [1.29, 1.82) is 0 Å². The number of allylic oxidation sites excluding steroid dienone is 2. The maximum absolute atomic E-state index is 10.0. The third-order valence-electron chi connectivity index (χ3n) is 5.27. The topological polar surface area (TPSA) is 36.8 Å². The molecule has 3 aromatic rings. The Balaban J connectivity index is 2.05. The highest BCUT2D eigenvalue weighted by atomic mass is 16.3. The molecule has 0 fully saturated rings. The Hall–Kier alpha value is -2.84. The van der Waals surface area contributed by atoms with Gasteiger partial charge in [0.05, 0.1) is 7.05 Å². The van der Waals surface area contributed by atoms with Gasteiger partial charge in [0, 0.05) is 16.5 Å². The van der Waals surface area contributed by atoms with Crippen LogP contribution in [0, 0.1) is 0 Å². The van der Waals surface area contributed by atoms with E-state index in [4.69, 9.17) is 0 Å². The van der Waals surface area contributed by atoms with Crippen LogP contribution in [0.2, 0.25) is 0 Å². The largest absolute Gasteiger partial charge is 0.507 e. The first-order chi connectivity index (χ1) is 13.1. The molecular formula is C25H28NO+. The van der Waals surface area contributed by atoms with Crippen LogP contribution < -0.4 is 5.32 Å². The molecule has 27 heavy (non-hydrogen) atoms. The van der Waals surface area contributed by atoms with E-state index in [0.717, 1.165) is 18.4 Å². The van der Waals surface area contributed by atoms with E-state index in [1.165, 1.54) is 22.0 Å². The van der Waals surface area contributed by atoms with E-state index in [2.05, 4.69) is 68.3 Å². The molecule has 0 heterocycles. The number of hydrogen-bond acceptors (Lipinski definition) is 1. The Labute approximate surface area is 161 Å². The highest BCUT2D eigenvalue weighted by Gasteiger charge is 2.30. The maximum Gasteiger partial charge on any atom is 0.133 e. The van der Waals surface area contributed by atoms with Crippen LogP contribution in [0.3, 0.4) is 0 Å². The van der Waals surface area contributed by atoms with Crippen molar-refractivity contribution < 1.29 is 10.4 Å². The number of aromatic hydroxyl groups is 1. The Morgan fingerprint density at radius 1 is 1.00 bits per heavy atom. The molecule has 2 nitrogen and oxygen atoms in total. The van der Waals surface area contributed by atoms with Crippen LogP contribution in [-0.4, -0.2) is 12.2 Å². The molecule has 3 aromatic carbocycles. The lowest BCUT2D eigenvalue weighted by molar-refractivity contribution is -0.540.